The molecule has 0 radical (unpaired) electrons. The zero-order chi connectivity index (χ0) is 16.5. The van der Waals surface area contributed by atoms with Gasteiger partial charge in [-0.2, -0.15) is 0 Å². The highest BCUT2D eigenvalue weighted by Crippen LogP contribution is 2.22. The molecular weight excluding hydrogens is 314 g/mol. The Balaban J connectivity index is 2.24. The van der Waals surface area contributed by atoms with Crippen LogP contribution in [0.2, 0.25) is 0 Å². The number of rotatable bonds is 6. The fourth-order valence-electron chi connectivity index (χ4n) is 1.79. The number of hydrazine groups is 1. The average Bonchev–Trinajstić information content (AvgIpc) is 2.43. The summed E-state index contributed by atoms with van der Waals surface area (Å²) < 4.78 is 0. The van der Waals surface area contributed by atoms with Gasteiger partial charge in [0, 0.05) is 11.4 Å². The van der Waals surface area contributed by atoms with E-state index in [9.17, 15) is 4.79 Å². The van der Waals surface area contributed by atoms with Gasteiger partial charge in [-0.15, -0.1) is 11.8 Å². The van der Waals surface area contributed by atoms with Crippen molar-refractivity contribution in [3.05, 3.63) is 29.3 Å². The zero-order valence-electron chi connectivity index (χ0n) is 13.7. The number of nitrogens with one attached hydrogen (secondary N) is 3. The Morgan fingerprint density at radius 1 is 1.27 bits per heavy atom. The van der Waals surface area contributed by atoms with Crippen LogP contribution in [-0.4, -0.2) is 23.3 Å². The topological polar surface area (TPSA) is 53.2 Å². The highest BCUT2D eigenvalue weighted by molar-refractivity contribution is 8.00. The number of carbonyl (C=O) groups excluding carboxylic acids is 1. The number of thioether (sulfide) groups is 1. The van der Waals surface area contributed by atoms with E-state index in [0.29, 0.717) is 16.8 Å². The van der Waals surface area contributed by atoms with Gasteiger partial charge in [0.15, 0.2) is 5.11 Å². The van der Waals surface area contributed by atoms with E-state index in [4.69, 9.17) is 12.2 Å². The third-order valence-corrected chi connectivity index (χ3v) is 4.43. The number of amides is 1. The van der Waals surface area contributed by atoms with Crippen molar-refractivity contribution in [2.75, 3.05) is 12.3 Å². The van der Waals surface area contributed by atoms with Crippen molar-refractivity contribution >= 4 is 35.0 Å². The molecule has 0 fully saturated rings. The fraction of sp³-hybridized carbons (Fsp3) is 0.500. The largest absolute Gasteiger partial charge is 0.361 e. The molecule has 0 saturated carbocycles. The number of hydrogen-bond acceptors (Lipinski definition) is 3. The molecule has 1 rings (SSSR count). The van der Waals surface area contributed by atoms with Gasteiger partial charge >= 0.3 is 0 Å². The molecule has 1 amide bonds. The summed E-state index contributed by atoms with van der Waals surface area (Å²) in [4.78, 5) is 12.9. The van der Waals surface area contributed by atoms with E-state index < -0.39 is 0 Å². The summed E-state index contributed by atoms with van der Waals surface area (Å²) in [5.74, 6) is 0.878. The van der Waals surface area contributed by atoms with E-state index in [0.717, 1.165) is 17.9 Å². The van der Waals surface area contributed by atoms with Crippen LogP contribution in [-0.2, 0) is 4.79 Å². The number of benzene rings is 1. The average molecular weight is 340 g/mol. The first-order valence-electron chi connectivity index (χ1n) is 7.41. The second-order valence-corrected chi connectivity index (χ2v) is 7.09. The third kappa shape index (κ3) is 7.66. The molecule has 0 unspecified atom stereocenters. The van der Waals surface area contributed by atoms with Gasteiger partial charge in [-0.05, 0) is 50.0 Å². The molecule has 6 heteroatoms. The summed E-state index contributed by atoms with van der Waals surface area (Å²) in [5.41, 5.74) is 7.75. The fourth-order valence-corrected chi connectivity index (χ4v) is 2.75. The first-order chi connectivity index (χ1) is 10.4. The summed E-state index contributed by atoms with van der Waals surface area (Å²) in [5, 5.41) is 3.51. The van der Waals surface area contributed by atoms with E-state index in [2.05, 4.69) is 56.0 Å². The van der Waals surface area contributed by atoms with Gasteiger partial charge in [0.2, 0.25) is 5.91 Å². The Kier molecular flexibility index (Phi) is 8.27. The standard InChI is InChI=1S/C16H25N3OS2/c1-11(2)7-8-17-16(21)19-18-15(20)10-22-14-6-5-12(3)9-13(14)4/h5-6,9,11H,7-8,10H2,1-4H3,(H,18,20)(H2,17,19,21). The van der Waals surface area contributed by atoms with E-state index >= 15 is 0 Å². The lowest BCUT2D eigenvalue weighted by Crippen LogP contribution is -2.47. The maximum Gasteiger partial charge on any atom is 0.248 e. The van der Waals surface area contributed by atoms with Crippen LogP contribution in [0.1, 0.15) is 31.4 Å². The molecule has 1 aromatic carbocycles. The van der Waals surface area contributed by atoms with Crippen molar-refractivity contribution in [1.29, 1.82) is 0 Å². The third-order valence-electron chi connectivity index (χ3n) is 3.01. The molecule has 0 saturated heterocycles. The van der Waals surface area contributed by atoms with Crippen LogP contribution in [0.4, 0.5) is 0 Å². The minimum absolute atomic E-state index is 0.0991. The van der Waals surface area contributed by atoms with Gasteiger partial charge in [0.1, 0.15) is 0 Å². The van der Waals surface area contributed by atoms with Crippen LogP contribution in [0.25, 0.3) is 0 Å². The molecule has 122 valence electrons. The quantitative estimate of drug-likeness (QED) is 0.423. The lowest BCUT2D eigenvalue weighted by molar-refractivity contribution is -0.119. The van der Waals surface area contributed by atoms with Gasteiger partial charge in [-0.3, -0.25) is 15.6 Å². The number of aryl methyl sites for hydroxylation is 2. The Hall–Kier alpha value is -1.27. The van der Waals surface area contributed by atoms with Crippen molar-refractivity contribution in [2.24, 2.45) is 5.92 Å². The molecular formula is C16H25N3OS2. The van der Waals surface area contributed by atoms with Crippen LogP contribution < -0.4 is 16.2 Å². The summed E-state index contributed by atoms with van der Waals surface area (Å²) in [6.07, 6.45) is 1.04. The zero-order valence-corrected chi connectivity index (χ0v) is 15.3. The molecule has 0 aliphatic rings. The number of hydrogen-bond donors (Lipinski definition) is 3. The van der Waals surface area contributed by atoms with Crippen molar-refractivity contribution in [3.8, 4) is 0 Å². The lowest BCUT2D eigenvalue weighted by atomic mass is 10.1. The normalized spacial score (nSPS) is 10.4. The first kappa shape index (κ1) is 18.8. The van der Waals surface area contributed by atoms with Crippen LogP contribution >= 0.6 is 24.0 Å². The van der Waals surface area contributed by atoms with Crippen molar-refractivity contribution in [2.45, 2.75) is 39.0 Å². The molecule has 0 aromatic heterocycles. The van der Waals surface area contributed by atoms with E-state index in [1.807, 2.05) is 6.07 Å². The van der Waals surface area contributed by atoms with Crippen LogP contribution in [0.5, 0.6) is 0 Å². The summed E-state index contributed by atoms with van der Waals surface area (Å²) >= 11 is 6.61. The Morgan fingerprint density at radius 2 is 2.00 bits per heavy atom. The van der Waals surface area contributed by atoms with Crippen LogP contribution in [0, 0.1) is 19.8 Å². The Bertz CT molecular complexity index is 518. The minimum Gasteiger partial charge on any atom is -0.361 e. The van der Waals surface area contributed by atoms with Gasteiger partial charge in [0.25, 0.3) is 0 Å². The van der Waals surface area contributed by atoms with Crippen molar-refractivity contribution in [3.63, 3.8) is 0 Å². The summed E-state index contributed by atoms with van der Waals surface area (Å²) in [7, 11) is 0. The van der Waals surface area contributed by atoms with Crippen molar-refractivity contribution < 1.29 is 4.79 Å². The molecule has 0 heterocycles. The molecule has 0 aliphatic heterocycles. The summed E-state index contributed by atoms with van der Waals surface area (Å²) in [6.45, 7) is 9.23. The molecule has 0 aliphatic carbocycles. The maximum atomic E-state index is 11.8. The van der Waals surface area contributed by atoms with Gasteiger partial charge in [-0.25, -0.2) is 0 Å². The molecule has 3 N–H and O–H groups in total. The maximum absolute atomic E-state index is 11.8. The second-order valence-electron chi connectivity index (χ2n) is 5.67. The van der Waals surface area contributed by atoms with Crippen LogP contribution in [0.3, 0.4) is 0 Å². The second kappa shape index (κ2) is 9.69. The number of carbonyl (C=O) groups is 1. The van der Waals surface area contributed by atoms with E-state index in [-0.39, 0.29) is 5.91 Å². The monoisotopic (exact) mass is 339 g/mol. The smallest absolute Gasteiger partial charge is 0.248 e. The molecule has 22 heavy (non-hydrogen) atoms. The Morgan fingerprint density at radius 3 is 2.64 bits per heavy atom. The minimum atomic E-state index is -0.0991. The molecule has 1 aromatic rings. The highest BCUT2D eigenvalue weighted by atomic mass is 32.2. The Labute approximate surface area is 142 Å². The van der Waals surface area contributed by atoms with Crippen molar-refractivity contribution in [1.82, 2.24) is 16.2 Å². The molecule has 0 atom stereocenters. The molecule has 0 spiro atoms. The summed E-state index contributed by atoms with van der Waals surface area (Å²) in [6, 6.07) is 6.22. The number of thiocarbonyl (C=S) groups is 1. The predicted octanol–water partition coefficient (Wildman–Crippen LogP) is 2.94. The SMILES string of the molecule is Cc1ccc(SCC(=O)NNC(=S)NCCC(C)C)c(C)c1. The first-order valence-corrected chi connectivity index (χ1v) is 8.80. The lowest BCUT2D eigenvalue weighted by Gasteiger charge is -2.12. The predicted molar refractivity (Wildman–Crippen MR) is 98.0 cm³/mol. The van der Waals surface area contributed by atoms with Gasteiger partial charge in [0.05, 0.1) is 5.75 Å². The van der Waals surface area contributed by atoms with Crippen LogP contribution in [0.15, 0.2) is 23.1 Å². The highest BCUT2D eigenvalue weighted by Gasteiger charge is 2.05. The molecule has 0 bridgehead atoms. The van der Waals surface area contributed by atoms with Gasteiger partial charge < -0.3 is 5.32 Å². The molecule has 4 nitrogen and oxygen atoms in total. The van der Waals surface area contributed by atoms with Gasteiger partial charge in [-0.1, -0.05) is 31.5 Å². The van der Waals surface area contributed by atoms with E-state index in [1.165, 1.54) is 22.9 Å². The van der Waals surface area contributed by atoms with E-state index in [1.54, 1.807) is 0 Å².